The summed E-state index contributed by atoms with van der Waals surface area (Å²) >= 11 is 0. The third kappa shape index (κ3) is 1.78. The van der Waals surface area contributed by atoms with E-state index in [-0.39, 0.29) is 6.04 Å². The van der Waals surface area contributed by atoms with Gasteiger partial charge >= 0.3 is 0 Å². The zero-order valence-corrected chi connectivity index (χ0v) is 10.1. The van der Waals surface area contributed by atoms with Gasteiger partial charge in [0, 0.05) is 26.2 Å². The van der Waals surface area contributed by atoms with Crippen molar-refractivity contribution < 1.29 is 4.79 Å². The lowest BCUT2D eigenvalue weighted by Crippen LogP contribution is -2.55. The minimum atomic E-state index is 0.197. The average Bonchev–Trinajstić information content (AvgIpc) is 2.66. The van der Waals surface area contributed by atoms with E-state index in [1.54, 1.807) is 0 Å². The molecule has 86 valence electrons. The average molecular weight is 210 g/mol. The second kappa shape index (κ2) is 4.12. The molecule has 2 saturated heterocycles. The van der Waals surface area contributed by atoms with Crippen molar-refractivity contribution in [3.8, 4) is 0 Å². The van der Waals surface area contributed by atoms with Gasteiger partial charge in [-0.05, 0) is 18.8 Å². The van der Waals surface area contributed by atoms with Gasteiger partial charge in [-0.3, -0.25) is 9.69 Å². The zero-order chi connectivity index (χ0) is 11.0. The van der Waals surface area contributed by atoms with Crippen molar-refractivity contribution in [2.45, 2.75) is 45.2 Å². The quantitative estimate of drug-likeness (QED) is 0.686. The van der Waals surface area contributed by atoms with E-state index in [0.717, 1.165) is 25.4 Å². The largest absolute Gasteiger partial charge is 0.343 e. The number of hydrogen-bond donors (Lipinski definition) is 0. The number of fused-ring (bicyclic) bond motifs is 1. The van der Waals surface area contributed by atoms with Gasteiger partial charge in [-0.1, -0.05) is 20.3 Å². The van der Waals surface area contributed by atoms with Crippen LogP contribution in [0, 0.1) is 5.92 Å². The first kappa shape index (κ1) is 10.9. The van der Waals surface area contributed by atoms with Gasteiger partial charge in [-0.2, -0.15) is 0 Å². The third-order valence-electron chi connectivity index (χ3n) is 4.22. The van der Waals surface area contributed by atoms with Crippen LogP contribution in [-0.4, -0.2) is 47.9 Å². The zero-order valence-electron chi connectivity index (χ0n) is 10.1. The normalized spacial score (nSPS) is 34.3. The maximum atomic E-state index is 11.9. The van der Waals surface area contributed by atoms with Gasteiger partial charge in [0.05, 0.1) is 6.04 Å². The number of carbonyl (C=O) groups is 1. The van der Waals surface area contributed by atoms with E-state index in [2.05, 4.69) is 18.7 Å². The number of rotatable bonds is 2. The molecule has 0 saturated carbocycles. The standard InChI is InChI=1S/C12H22N2O/c1-4-9(2)10-5-6-11-12(15)13(3)7-8-14(10)11/h9-11H,4-8H2,1-3H3. The van der Waals surface area contributed by atoms with Gasteiger partial charge in [0.15, 0.2) is 0 Å². The van der Waals surface area contributed by atoms with Gasteiger partial charge < -0.3 is 4.90 Å². The predicted molar refractivity (Wildman–Crippen MR) is 60.6 cm³/mol. The Bertz CT molecular complexity index is 254. The Kier molecular flexibility index (Phi) is 3.01. The Labute approximate surface area is 92.4 Å². The van der Waals surface area contributed by atoms with Crippen molar-refractivity contribution >= 4 is 5.91 Å². The van der Waals surface area contributed by atoms with E-state index in [4.69, 9.17) is 0 Å². The number of amides is 1. The van der Waals surface area contributed by atoms with Gasteiger partial charge in [0.25, 0.3) is 0 Å². The molecule has 3 heteroatoms. The lowest BCUT2D eigenvalue weighted by atomic mass is 9.97. The molecule has 2 aliphatic heterocycles. The maximum Gasteiger partial charge on any atom is 0.239 e. The van der Waals surface area contributed by atoms with E-state index in [0.29, 0.717) is 11.9 Å². The summed E-state index contributed by atoms with van der Waals surface area (Å²) in [7, 11) is 1.93. The highest BCUT2D eigenvalue weighted by atomic mass is 16.2. The smallest absolute Gasteiger partial charge is 0.239 e. The molecule has 3 nitrogen and oxygen atoms in total. The van der Waals surface area contributed by atoms with Crippen molar-refractivity contribution in [1.29, 1.82) is 0 Å². The van der Waals surface area contributed by atoms with Crippen LogP contribution in [0.25, 0.3) is 0 Å². The predicted octanol–water partition coefficient (Wildman–Crippen LogP) is 1.34. The molecule has 2 aliphatic rings. The second-order valence-corrected chi connectivity index (χ2v) is 5.04. The SMILES string of the molecule is CCC(C)C1CCC2C(=O)N(C)CCN21. The molecule has 3 unspecified atom stereocenters. The van der Waals surface area contributed by atoms with E-state index < -0.39 is 0 Å². The molecule has 0 bridgehead atoms. The Hall–Kier alpha value is -0.570. The molecule has 2 fully saturated rings. The first-order valence-electron chi connectivity index (χ1n) is 6.16. The first-order chi connectivity index (χ1) is 7.15. The molecule has 0 aromatic rings. The Balaban J connectivity index is 2.08. The van der Waals surface area contributed by atoms with Crippen LogP contribution in [0.3, 0.4) is 0 Å². The van der Waals surface area contributed by atoms with Crippen molar-refractivity contribution in [2.24, 2.45) is 5.92 Å². The molecule has 0 spiro atoms. The summed E-state index contributed by atoms with van der Waals surface area (Å²) in [5.41, 5.74) is 0. The lowest BCUT2D eigenvalue weighted by Gasteiger charge is -2.39. The summed E-state index contributed by atoms with van der Waals surface area (Å²) in [6.45, 7) is 6.54. The van der Waals surface area contributed by atoms with Crippen LogP contribution in [0.1, 0.15) is 33.1 Å². The van der Waals surface area contributed by atoms with Crippen molar-refractivity contribution in [3.05, 3.63) is 0 Å². The molecule has 3 atom stereocenters. The number of likely N-dealkylation sites (N-methyl/N-ethyl adjacent to an activating group) is 1. The lowest BCUT2D eigenvalue weighted by molar-refractivity contribution is -0.139. The van der Waals surface area contributed by atoms with Crippen LogP contribution in [-0.2, 0) is 4.79 Å². The molecular weight excluding hydrogens is 188 g/mol. The number of hydrogen-bond acceptors (Lipinski definition) is 2. The molecule has 2 heterocycles. The minimum absolute atomic E-state index is 0.197. The highest BCUT2D eigenvalue weighted by Gasteiger charge is 2.42. The highest BCUT2D eigenvalue weighted by molar-refractivity contribution is 5.82. The number of carbonyl (C=O) groups excluding carboxylic acids is 1. The van der Waals surface area contributed by atoms with Crippen LogP contribution >= 0.6 is 0 Å². The number of nitrogens with zero attached hydrogens (tertiary/aromatic N) is 2. The summed E-state index contributed by atoms with van der Waals surface area (Å²) in [5, 5.41) is 0. The molecule has 1 amide bonds. The van der Waals surface area contributed by atoms with Crippen LogP contribution in [0.15, 0.2) is 0 Å². The fourth-order valence-electron chi connectivity index (χ4n) is 2.99. The van der Waals surface area contributed by atoms with Gasteiger partial charge in [-0.15, -0.1) is 0 Å². The monoisotopic (exact) mass is 210 g/mol. The molecule has 0 aliphatic carbocycles. The minimum Gasteiger partial charge on any atom is -0.343 e. The fraction of sp³-hybridized carbons (Fsp3) is 0.917. The van der Waals surface area contributed by atoms with Crippen LogP contribution in [0.4, 0.5) is 0 Å². The first-order valence-corrected chi connectivity index (χ1v) is 6.16. The van der Waals surface area contributed by atoms with Crippen molar-refractivity contribution in [1.82, 2.24) is 9.80 Å². The highest BCUT2D eigenvalue weighted by Crippen LogP contribution is 2.32. The van der Waals surface area contributed by atoms with Gasteiger partial charge in [-0.25, -0.2) is 0 Å². The van der Waals surface area contributed by atoms with Gasteiger partial charge in [0.1, 0.15) is 0 Å². The second-order valence-electron chi connectivity index (χ2n) is 5.04. The summed E-state index contributed by atoms with van der Waals surface area (Å²) < 4.78 is 0. The van der Waals surface area contributed by atoms with E-state index in [1.807, 2.05) is 11.9 Å². The van der Waals surface area contributed by atoms with Crippen molar-refractivity contribution in [3.63, 3.8) is 0 Å². The van der Waals surface area contributed by atoms with Gasteiger partial charge in [0.2, 0.25) is 5.91 Å². The number of piperazine rings is 1. The molecule has 0 aromatic carbocycles. The van der Waals surface area contributed by atoms with E-state index in [1.165, 1.54) is 12.8 Å². The molecule has 2 rings (SSSR count). The molecule has 0 radical (unpaired) electrons. The topological polar surface area (TPSA) is 23.6 Å². The molecular formula is C12H22N2O. The maximum absolute atomic E-state index is 11.9. The molecule has 15 heavy (non-hydrogen) atoms. The summed E-state index contributed by atoms with van der Waals surface area (Å²) in [6, 6.07) is 0.848. The van der Waals surface area contributed by atoms with E-state index in [9.17, 15) is 4.79 Å². The van der Waals surface area contributed by atoms with Crippen LogP contribution in [0.2, 0.25) is 0 Å². The summed E-state index contributed by atoms with van der Waals surface area (Å²) in [6.07, 6.45) is 3.50. The van der Waals surface area contributed by atoms with Crippen LogP contribution < -0.4 is 0 Å². The summed E-state index contributed by atoms with van der Waals surface area (Å²) in [5.74, 6) is 1.07. The van der Waals surface area contributed by atoms with Crippen molar-refractivity contribution in [2.75, 3.05) is 20.1 Å². The Morgan fingerprint density at radius 2 is 2.13 bits per heavy atom. The molecule has 0 N–H and O–H groups in total. The summed E-state index contributed by atoms with van der Waals surface area (Å²) in [4.78, 5) is 16.3. The van der Waals surface area contributed by atoms with Crippen LogP contribution in [0.5, 0.6) is 0 Å². The third-order valence-corrected chi connectivity index (χ3v) is 4.22. The Morgan fingerprint density at radius 3 is 2.80 bits per heavy atom. The Morgan fingerprint density at radius 1 is 1.40 bits per heavy atom. The van der Waals surface area contributed by atoms with E-state index >= 15 is 0 Å². The molecule has 0 aromatic heterocycles. The fourth-order valence-corrected chi connectivity index (χ4v) is 2.99.